The van der Waals surface area contributed by atoms with Crippen LogP contribution in [0, 0.1) is 10.1 Å². The first-order valence-electron chi connectivity index (χ1n) is 8.25. The molecule has 0 radical (unpaired) electrons. The van der Waals surface area contributed by atoms with Gasteiger partial charge in [-0.2, -0.15) is 0 Å². The highest BCUT2D eigenvalue weighted by Crippen LogP contribution is 2.31. The molecule has 1 N–H and O–H groups in total. The van der Waals surface area contributed by atoms with Crippen LogP contribution in [0.2, 0.25) is 5.02 Å². The maximum absolute atomic E-state index is 12.8. The molecule has 0 aliphatic heterocycles. The maximum Gasteiger partial charge on any atom is 0.289 e. The Balaban J connectivity index is 1.93. The van der Waals surface area contributed by atoms with Crippen molar-refractivity contribution in [3.05, 3.63) is 93.3 Å². The summed E-state index contributed by atoms with van der Waals surface area (Å²) in [7, 11) is -4.20. The van der Waals surface area contributed by atoms with Crippen LogP contribution in [0.25, 0.3) is 0 Å². The summed E-state index contributed by atoms with van der Waals surface area (Å²) in [6, 6.07) is 12.1. The number of hydrogen-bond acceptors (Lipinski definition) is 6. The highest BCUT2D eigenvalue weighted by Gasteiger charge is 2.29. The van der Waals surface area contributed by atoms with Crippen molar-refractivity contribution in [2.45, 2.75) is 16.3 Å². The Morgan fingerprint density at radius 2 is 1.93 bits per heavy atom. The summed E-state index contributed by atoms with van der Waals surface area (Å²) < 4.78 is 25.7. The van der Waals surface area contributed by atoms with Crippen molar-refractivity contribution in [1.29, 1.82) is 0 Å². The molecule has 10 heteroatoms. The molecule has 0 saturated heterocycles. The molecule has 3 rings (SSSR count). The zero-order valence-electron chi connectivity index (χ0n) is 14.8. The number of nitrogens with one attached hydrogen (secondary N) is 1. The van der Waals surface area contributed by atoms with E-state index < -0.39 is 31.3 Å². The highest BCUT2D eigenvalue weighted by molar-refractivity contribution is 7.91. The van der Waals surface area contributed by atoms with Crippen molar-refractivity contribution in [3.8, 4) is 0 Å². The molecule has 0 aliphatic rings. The first kappa shape index (κ1) is 20.4. The van der Waals surface area contributed by atoms with Gasteiger partial charge in [-0.05, 0) is 42.0 Å². The maximum atomic E-state index is 12.8. The van der Waals surface area contributed by atoms with E-state index in [1.807, 2.05) is 0 Å². The lowest BCUT2D eigenvalue weighted by Crippen LogP contribution is -2.23. The lowest BCUT2D eigenvalue weighted by Gasteiger charge is -2.09. The third kappa shape index (κ3) is 4.58. The topological polar surface area (TPSA) is 119 Å². The number of nitro groups is 1. The van der Waals surface area contributed by atoms with Crippen LogP contribution < -0.4 is 5.32 Å². The largest absolute Gasteiger partial charge is 0.348 e. The van der Waals surface area contributed by atoms with Gasteiger partial charge in [0.15, 0.2) is 0 Å². The van der Waals surface area contributed by atoms with Gasteiger partial charge >= 0.3 is 0 Å². The number of halogens is 1. The Bertz CT molecular complexity index is 1180. The van der Waals surface area contributed by atoms with Gasteiger partial charge < -0.3 is 5.32 Å². The molecule has 1 aromatic heterocycles. The fourth-order valence-corrected chi connectivity index (χ4v) is 4.28. The number of amides is 1. The molecule has 3 aromatic rings. The van der Waals surface area contributed by atoms with Crippen molar-refractivity contribution in [1.82, 2.24) is 10.3 Å². The number of nitrogens with zero attached hydrogens (tertiary/aromatic N) is 2. The van der Waals surface area contributed by atoms with Crippen LogP contribution in [0.1, 0.15) is 15.9 Å². The zero-order valence-corrected chi connectivity index (χ0v) is 16.4. The first-order chi connectivity index (χ1) is 13.8. The summed E-state index contributed by atoms with van der Waals surface area (Å²) in [4.78, 5) is 26.2. The Morgan fingerprint density at radius 3 is 2.59 bits per heavy atom. The average Bonchev–Trinajstić information content (AvgIpc) is 2.72. The molecule has 1 amide bonds. The van der Waals surface area contributed by atoms with E-state index in [0.29, 0.717) is 0 Å². The van der Waals surface area contributed by atoms with Crippen molar-refractivity contribution >= 4 is 33.0 Å². The van der Waals surface area contributed by atoms with Crippen LogP contribution in [0.4, 0.5) is 5.69 Å². The van der Waals surface area contributed by atoms with Crippen LogP contribution >= 0.6 is 11.6 Å². The minimum atomic E-state index is -4.20. The molecular weight excluding hydrogens is 418 g/mol. The Morgan fingerprint density at radius 1 is 1.14 bits per heavy atom. The molecule has 0 fully saturated rings. The van der Waals surface area contributed by atoms with E-state index in [-0.39, 0.29) is 22.0 Å². The van der Waals surface area contributed by atoms with Crippen molar-refractivity contribution in [3.63, 3.8) is 0 Å². The summed E-state index contributed by atoms with van der Waals surface area (Å²) in [6.45, 7) is 0.170. The Labute approximate surface area is 171 Å². The number of benzene rings is 2. The van der Waals surface area contributed by atoms with Crippen molar-refractivity contribution in [2.75, 3.05) is 0 Å². The van der Waals surface area contributed by atoms with E-state index in [0.717, 1.165) is 17.7 Å². The molecular formula is C19H14ClN3O5S. The standard InChI is InChI=1S/C19H14ClN3O5S/c20-15-4-1-5-16(10-15)29(27,28)18-7-6-14(9-17(18)23(25)26)19(24)22-12-13-3-2-8-21-11-13/h1-11H,12H2,(H,22,24). The van der Waals surface area contributed by atoms with Gasteiger partial charge in [0.25, 0.3) is 11.6 Å². The Kier molecular flexibility index (Phi) is 5.90. The Hall–Kier alpha value is -3.30. The second-order valence-corrected chi connectivity index (χ2v) is 8.30. The molecule has 0 unspecified atom stereocenters. The van der Waals surface area contributed by atoms with E-state index in [2.05, 4.69) is 10.3 Å². The quantitative estimate of drug-likeness (QED) is 0.471. The summed E-state index contributed by atoms with van der Waals surface area (Å²) >= 11 is 5.84. The first-order valence-corrected chi connectivity index (χ1v) is 10.1. The molecule has 0 spiro atoms. The number of rotatable bonds is 6. The predicted molar refractivity (Wildman–Crippen MR) is 105 cm³/mol. The SMILES string of the molecule is O=C(NCc1cccnc1)c1ccc(S(=O)(=O)c2cccc(Cl)c2)c([N+](=O)[O-])c1. The van der Waals surface area contributed by atoms with Gasteiger partial charge in [-0.1, -0.05) is 23.7 Å². The number of nitro benzene ring substituents is 1. The van der Waals surface area contributed by atoms with Crippen LogP contribution in [0.15, 0.2) is 76.8 Å². The van der Waals surface area contributed by atoms with Crippen LogP contribution in [0.3, 0.4) is 0 Å². The van der Waals surface area contributed by atoms with Crippen LogP contribution in [-0.2, 0) is 16.4 Å². The molecule has 148 valence electrons. The number of sulfone groups is 1. The number of carbonyl (C=O) groups excluding carboxylic acids is 1. The molecule has 8 nitrogen and oxygen atoms in total. The third-order valence-electron chi connectivity index (χ3n) is 3.99. The van der Waals surface area contributed by atoms with Crippen LogP contribution in [0.5, 0.6) is 0 Å². The highest BCUT2D eigenvalue weighted by atomic mass is 35.5. The van der Waals surface area contributed by atoms with Gasteiger partial charge in [-0.15, -0.1) is 0 Å². The second-order valence-electron chi connectivity index (χ2n) is 5.94. The molecule has 0 aliphatic carbocycles. The lowest BCUT2D eigenvalue weighted by molar-refractivity contribution is -0.387. The minimum absolute atomic E-state index is 0.0364. The van der Waals surface area contributed by atoms with Crippen molar-refractivity contribution in [2.24, 2.45) is 0 Å². The molecule has 0 bridgehead atoms. The van der Waals surface area contributed by atoms with E-state index in [4.69, 9.17) is 11.6 Å². The second kappa shape index (κ2) is 8.38. The van der Waals surface area contributed by atoms with E-state index in [1.54, 1.807) is 24.5 Å². The summed E-state index contributed by atoms with van der Waals surface area (Å²) in [5, 5.41) is 14.3. The molecule has 0 atom stereocenters. The lowest BCUT2D eigenvalue weighted by atomic mass is 10.2. The van der Waals surface area contributed by atoms with Gasteiger partial charge in [0.05, 0.1) is 9.82 Å². The molecule has 0 saturated carbocycles. The number of pyridine rings is 1. The van der Waals surface area contributed by atoms with Gasteiger partial charge in [0, 0.05) is 35.6 Å². The summed E-state index contributed by atoms with van der Waals surface area (Å²) in [5.74, 6) is -0.580. The average molecular weight is 432 g/mol. The van der Waals surface area contributed by atoms with Gasteiger partial charge in [0.1, 0.15) is 4.90 Å². The summed E-state index contributed by atoms with van der Waals surface area (Å²) in [5.41, 5.74) is 0.0140. The fourth-order valence-electron chi connectivity index (χ4n) is 2.58. The number of hydrogen-bond donors (Lipinski definition) is 1. The molecule has 2 aromatic carbocycles. The predicted octanol–water partition coefficient (Wildman–Crippen LogP) is 3.41. The van der Waals surface area contributed by atoms with Gasteiger partial charge in [0.2, 0.25) is 9.84 Å². The minimum Gasteiger partial charge on any atom is -0.348 e. The normalized spacial score (nSPS) is 11.1. The molecule has 29 heavy (non-hydrogen) atoms. The van der Waals surface area contributed by atoms with Crippen molar-refractivity contribution < 1.29 is 18.1 Å². The van der Waals surface area contributed by atoms with E-state index in [1.165, 1.54) is 30.3 Å². The van der Waals surface area contributed by atoms with Crippen LogP contribution in [-0.4, -0.2) is 24.2 Å². The third-order valence-corrected chi connectivity index (χ3v) is 6.02. The monoisotopic (exact) mass is 431 g/mol. The summed E-state index contributed by atoms with van der Waals surface area (Å²) in [6.07, 6.45) is 3.16. The molecule has 1 heterocycles. The number of aromatic nitrogens is 1. The van der Waals surface area contributed by atoms with Gasteiger partial charge in [-0.3, -0.25) is 19.9 Å². The van der Waals surface area contributed by atoms with E-state index >= 15 is 0 Å². The van der Waals surface area contributed by atoms with E-state index in [9.17, 15) is 23.3 Å². The smallest absolute Gasteiger partial charge is 0.289 e. The number of carbonyl (C=O) groups is 1. The zero-order chi connectivity index (χ0) is 21.0. The van der Waals surface area contributed by atoms with Gasteiger partial charge in [-0.25, -0.2) is 8.42 Å². The fraction of sp³-hybridized carbons (Fsp3) is 0.0526.